The quantitative estimate of drug-likeness (QED) is 0.0211. The number of allylic oxidation sites excluding steroid dienone is 12. The molecular formula is C68H125NO8P+. The number of carbonyl (C=O) groups is 2. The van der Waals surface area contributed by atoms with Crippen molar-refractivity contribution in [2.75, 3.05) is 47.5 Å². The zero-order valence-corrected chi connectivity index (χ0v) is 52.5. The Bertz CT molecular complexity index is 1550. The monoisotopic (exact) mass is 1110 g/mol. The molecule has 0 aromatic carbocycles. The molecule has 0 aliphatic heterocycles. The van der Waals surface area contributed by atoms with Crippen molar-refractivity contribution in [2.24, 2.45) is 0 Å². The zero-order valence-electron chi connectivity index (χ0n) is 51.6. The first-order valence-electron chi connectivity index (χ1n) is 32.7. The van der Waals surface area contributed by atoms with E-state index in [-0.39, 0.29) is 26.1 Å². The van der Waals surface area contributed by atoms with Gasteiger partial charge in [0.05, 0.1) is 27.7 Å². The van der Waals surface area contributed by atoms with Gasteiger partial charge in [0.1, 0.15) is 19.8 Å². The minimum atomic E-state index is -4.39. The third-order valence-electron chi connectivity index (χ3n) is 14.2. The molecule has 0 saturated heterocycles. The first kappa shape index (κ1) is 75.5. The van der Waals surface area contributed by atoms with E-state index in [0.29, 0.717) is 23.9 Å². The second kappa shape index (κ2) is 59.1. The summed E-state index contributed by atoms with van der Waals surface area (Å²) in [6.45, 7) is 4.29. The second-order valence-electron chi connectivity index (χ2n) is 23.1. The van der Waals surface area contributed by atoms with Crippen molar-refractivity contribution in [3.8, 4) is 0 Å². The highest BCUT2D eigenvalue weighted by molar-refractivity contribution is 7.47. The van der Waals surface area contributed by atoms with E-state index in [2.05, 4.69) is 86.8 Å². The van der Waals surface area contributed by atoms with Crippen molar-refractivity contribution >= 4 is 19.8 Å². The number of hydrogen-bond donors (Lipinski definition) is 1. The maximum absolute atomic E-state index is 12.8. The van der Waals surface area contributed by atoms with Crippen LogP contribution in [0.5, 0.6) is 0 Å². The summed E-state index contributed by atoms with van der Waals surface area (Å²) in [7, 11) is 1.46. The van der Waals surface area contributed by atoms with Gasteiger partial charge in [-0.25, -0.2) is 4.57 Å². The van der Waals surface area contributed by atoms with E-state index in [4.69, 9.17) is 18.5 Å². The van der Waals surface area contributed by atoms with Gasteiger partial charge in [-0.3, -0.25) is 18.6 Å². The van der Waals surface area contributed by atoms with Gasteiger partial charge in [-0.15, -0.1) is 0 Å². The lowest BCUT2D eigenvalue weighted by Crippen LogP contribution is -2.37. The lowest BCUT2D eigenvalue weighted by atomic mass is 10.0. The number of carbonyl (C=O) groups excluding carboxylic acids is 2. The van der Waals surface area contributed by atoms with E-state index in [1.165, 1.54) is 193 Å². The minimum Gasteiger partial charge on any atom is -0.462 e. The second-order valence-corrected chi connectivity index (χ2v) is 24.6. The fourth-order valence-electron chi connectivity index (χ4n) is 9.22. The number of esters is 2. The van der Waals surface area contributed by atoms with Crippen LogP contribution in [-0.2, 0) is 32.7 Å². The van der Waals surface area contributed by atoms with Gasteiger partial charge in [0, 0.05) is 12.8 Å². The predicted octanol–water partition coefficient (Wildman–Crippen LogP) is 20.8. The van der Waals surface area contributed by atoms with Crippen LogP contribution in [0, 0.1) is 0 Å². The maximum atomic E-state index is 12.8. The molecule has 2 atom stereocenters. The lowest BCUT2D eigenvalue weighted by molar-refractivity contribution is -0.870. The van der Waals surface area contributed by atoms with E-state index in [0.717, 1.165) is 64.2 Å². The summed E-state index contributed by atoms with van der Waals surface area (Å²) in [6.07, 6.45) is 78.9. The summed E-state index contributed by atoms with van der Waals surface area (Å²) in [6, 6.07) is 0. The first-order chi connectivity index (χ1) is 38.0. The van der Waals surface area contributed by atoms with E-state index in [1.54, 1.807) is 0 Å². The van der Waals surface area contributed by atoms with Gasteiger partial charge in [0.15, 0.2) is 6.10 Å². The van der Waals surface area contributed by atoms with Gasteiger partial charge < -0.3 is 18.9 Å². The highest BCUT2D eigenvalue weighted by Crippen LogP contribution is 2.43. The molecule has 454 valence electrons. The predicted molar refractivity (Wildman–Crippen MR) is 335 cm³/mol. The summed E-state index contributed by atoms with van der Waals surface area (Å²) in [5.41, 5.74) is 0. The standard InChI is InChI=1S/C68H124NO8P/c1-6-8-10-12-14-16-18-20-21-22-23-24-25-26-27-28-29-30-31-32-33-34-35-36-37-38-39-40-41-42-43-44-45-46-47-49-51-53-55-57-59-61-68(71)77-66(65-76-78(72,73)75-63-62-69(3,4)5)64-74-67(70)60-58-56-54-52-50-48-19-17-15-13-11-9-7-2/h9,11,15,17-18,20,22-23,25-26,48,50,66H,6-8,10,12-14,16,19,21,24,27-47,49,51-65H2,1-5H3/p+1/b11-9-,17-15-,20-18-,23-22-,26-25-,50-48-. The summed E-state index contributed by atoms with van der Waals surface area (Å²) in [5, 5.41) is 0. The third-order valence-corrected chi connectivity index (χ3v) is 15.2. The molecule has 2 unspecified atom stereocenters. The fourth-order valence-corrected chi connectivity index (χ4v) is 9.96. The van der Waals surface area contributed by atoms with Crippen LogP contribution in [0.4, 0.5) is 0 Å². The van der Waals surface area contributed by atoms with E-state index in [9.17, 15) is 19.0 Å². The van der Waals surface area contributed by atoms with Crippen LogP contribution >= 0.6 is 7.82 Å². The Balaban J connectivity index is 3.86. The molecule has 0 aromatic rings. The van der Waals surface area contributed by atoms with E-state index in [1.807, 2.05) is 21.1 Å². The van der Waals surface area contributed by atoms with Crippen LogP contribution in [0.2, 0.25) is 0 Å². The number of ether oxygens (including phenoxy) is 2. The molecule has 0 heterocycles. The molecular weight excluding hydrogens is 990 g/mol. The SMILES string of the molecule is CC/C=C\C/C=C\C/C=C\CCCCCC(=O)OCC(COP(=O)(O)OCC[N+](C)(C)C)OC(=O)CCCCCCCCCCCCCCCCCCCCCCCCCCCC/C=C\C/C=C\C/C=C\CCCCCCC. The number of phosphoric ester groups is 1. The number of rotatable bonds is 60. The lowest BCUT2D eigenvalue weighted by Gasteiger charge is -2.24. The number of unbranched alkanes of at least 4 members (excludes halogenated alkanes) is 34. The first-order valence-corrected chi connectivity index (χ1v) is 34.2. The number of likely N-dealkylation sites (N-methyl/N-ethyl adjacent to an activating group) is 1. The Kier molecular flexibility index (Phi) is 57.2. The normalized spacial score (nSPS) is 13.7. The van der Waals surface area contributed by atoms with Gasteiger partial charge in [0.25, 0.3) is 0 Å². The molecule has 0 radical (unpaired) electrons. The number of hydrogen-bond acceptors (Lipinski definition) is 7. The van der Waals surface area contributed by atoms with Crippen LogP contribution in [0.1, 0.15) is 296 Å². The molecule has 0 aliphatic carbocycles. The van der Waals surface area contributed by atoms with Crippen molar-refractivity contribution < 1.29 is 42.1 Å². The molecule has 0 fully saturated rings. The Labute approximate surface area is 482 Å². The minimum absolute atomic E-state index is 0.0262. The van der Waals surface area contributed by atoms with Gasteiger partial charge in [-0.2, -0.15) is 0 Å². The molecule has 0 bridgehead atoms. The van der Waals surface area contributed by atoms with Crippen molar-refractivity contribution in [1.82, 2.24) is 0 Å². The van der Waals surface area contributed by atoms with E-state index >= 15 is 0 Å². The maximum Gasteiger partial charge on any atom is 0.472 e. The molecule has 9 nitrogen and oxygen atoms in total. The average Bonchev–Trinajstić information content (AvgIpc) is 3.40. The molecule has 0 aromatic heterocycles. The molecule has 0 spiro atoms. The van der Waals surface area contributed by atoms with Crippen molar-refractivity contribution in [1.29, 1.82) is 0 Å². The third kappa shape index (κ3) is 62.6. The average molecular weight is 1120 g/mol. The molecule has 10 heteroatoms. The van der Waals surface area contributed by atoms with E-state index < -0.39 is 32.5 Å². The molecule has 0 rings (SSSR count). The zero-order chi connectivity index (χ0) is 57.0. The highest BCUT2D eigenvalue weighted by atomic mass is 31.2. The number of nitrogens with zero attached hydrogens (tertiary/aromatic N) is 1. The van der Waals surface area contributed by atoms with Crippen LogP contribution in [0.25, 0.3) is 0 Å². The smallest absolute Gasteiger partial charge is 0.462 e. The Morgan fingerprint density at radius 2 is 0.731 bits per heavy atom. The van der Waals surface area contributed by atoms with Gasteiger partial charge in [0.2, 0.25) is 0 Å². The molecule has 0 amide bonds. The van der Waals surface area contributed by atoms with Crippen LogP contribution in [-0.4, -0.2) is 74.9 Å². The molecule has 78 heavy (non-hydrogen) atoms. The Morgan fingerprint density at radius 1 is 0.410 bits per heavy atom. The largest absolute Gasteiger partial charge is 0.472 e. The number of quaternary nitrogens is 1. The van der Waals surface area contributed by atoms with Crippen LogP contribution in [0.3, 0.4) is 0 Å². The Morgan fingerprint density at radius 3 is 1.10 bits per heavy atom. The fraction of sp³-hybridized carbons (Fsp3) is 0.794. The van der Waals surface area contributed by atoms with Gasteiger partial charge in [-0.1, -0.05) is 273 Å². The molecule has 0 aliphatic rings. The van der Waals surface area contributed by atoms with Gasteiger partial charge >= 0.3 is 19.8 Å². The summed E-state index contributed by atoms with van der Waals surface area (Å²) in [5.74, 6) is -0.825. The summed E-state index contributed by atoms with van der Waals surface area (Å²) >= 11 is 0. The molecule has 0 saturated carbocycles. The number of phosphoric acid groups is 1. The Hall–Kier alpha value is -2.55. The summed E-state index contributed by atoms with van der Waals surface area (Å²) in [4.78, 5) is 35.6. The van der Waals surface area contributed by atoms with Crippen LogP contribution in [0.15, 0.2) is 72.9 Å². The van der Waals surface area contributed by atoms with Crippen molar-refractivity contribution in [2.45, 2.75) is 302 Å². The van der Waals surface area contributed by atoms with Crippen molar-refractivity contribution in [3.63, 3.8) is 0 Å². The molecule has 1 N–H and O–H groups in total. The highest BCUT2D eigenvalue weighted by Gasteiger charge is 2.27. The van der Waals surface area contributed by atoms with Gasteiger partial charge in [-0.05, 0) is 83.5 Å². The van der Waals surface area contributed by atoms with Crippen LogP contribution < -0.4 is 0 Å². The summed E-state index contributed by atoms with van der Waals surface area (Å²) < 4.78 is 34.5. The van der Waals surface area contributed by atoms with Crippen molar-refractivity contribution in [3.05, 3.63) is 72.9 Å². The topological polar surface area (TPSA) is 108 Å².